The molecule has 1 aromatic carbocycles. The summed E-state index contributed by atoms with van der Waals surface area (Å²) in [6.45, 7) is 11.4. The molecule has 6 rings (SSSR count). The molecule has 0 aliphatic heterocycles. The molecular weight excluding hydrogens is 474 g/mol. The van der Waals surface area contributed by atoms with E-state index in [1.165, 1.54) is 0 Å². The molecule has 8 nitrogen and oxygen atoms in total. The summed E-state index contributed by atoms with van der Waals surface area (Å²) in [5, 5.41) is 4.60. The average molecular weight is 510 g/mol. The van der Waals surface area contributed by atoms with Crippen LogP contribution in [0.15, 0.2) is 25.8 Å². The van der Waals surface area contributed by atoms with Gasteiger partial charge in [-0.15, -0.1) is 0 Å². The molecule has 3 aromatic rings. The van der Waals surface area contributed by atoms with E-state index in [9.17, 15) is 9.00 Å². The fraction of sp³-hybridized carbons (Fsp3) is 0.593. The van der Waals surface area contributed by atoms with E-state index in [2.05, 4.69) is 14.5 Å². The van der Waals surface area contributed by atoms with Crippen molar-refractivity contribution in [2.75, 3.05) is 0 Å². The van der Waals surface area contributed by atoms with Gasteiger partial charge >= 0.3 is 0 Å². The Labute approximate surface area is 214 Å². The molecule has 0 radical (unpaired) electrons. The van der Waals surface area contributed by atoms with Gasteiger partial charge in [0.1, 0.15) is 16.8 Å². The van der Waals surface area contributed by atoms with E-state index in [1.54, 1.807) is 4.57 Å². The molecule has 0 saturated heterocycles. The Morgan fingerprint density at radius 2 is 1.67 bits per heavy atom. The fourth-order valence-electron chi connectivity index (χ4n) is 5.94. The van der Waals surface area contributed by atoms with Crippen molar-refractivity contribution in [1.29, 1.82) is 0 Å². The predicted octanol–water partition coefficient (Wildman–Crippen LogP) is 4.75. The first-order chi connectivity index (χ1) is 16.9. The number of rotatable bonds is 4. The molecule has 0 unspecified atom stereocenters. The molecule has 0 spiro atoms. The van der Waals surface area contributed by atoms with Crippen LogP contribution in [0, 0.1) is 13.8 Å². The average Bonchev–Trinajstić information content (AvgIpc) is 3.28. The molecule has 0 amide bonds. The highest BCUT2D eigenvalue weighted by atomic mass is 32.2. The van der Waals surface area contributed by atoms with Crippen LogP contribution in [0.4, 0.5) is 0 Å². The maximum absolute atomic E-state index is 13.6. The van der Waals surface area contributed by atoms with E-state index in [0.717, 1.165) is 61.4 Å². The fourth-order valence-corrected chi connectivity index (χ4v) is 6.56. The number of benzene rings is 1. The monoisotopic (exact) mass is 509 g/mol. The van der Waals surface area contributed by atoms with E-state index in [4.69, 9.17) is 9.51 Å². The van der Waals surface area contributed by atoms with Gasteiger partial charge in [-0.1, -0.05) is 5.16 Å². The van der Waals surface area contributed by atoms with Gasteiger partial charge in [-0.25, -0.2) is 9.19 Å². The summed E-state index contributed by atoms with van der Waals surface area (Å²) < 4.78 is 24.2. The third-order valence-corrected chi connectivity index (χ3v) is 9.65. The normalized spacial score (nSPS) is 25.5. The van der Waals surface area contributed by atoms with Crippen LogP contribution in [0.25, 0.3) is 10.9 Å². The van der Waals surface area contributed by atoms with Gasteiger partial charge in [-0.05, 0) is 97.8 Å². The molecular formula is C27H35N5O3S. The Morgan fingerprint density at radius 3 is 2.22 bits per heavy atom. The predicted molar refractivity (Wildman–Crippen MR) is 142 cm³/mol. The zero-order valence-electron chi connectivity index (χ0n) is 22.3. The minimum absolute atomic E-state index is 0.0472. The summed E-state index contributed by atoms with van der Waals surface area (Å²) in [5.74, 6) is 2.27. The maximum Gasteiger partial charge on any atom is 0.261 e. The van der Waals surface area contributed by atoms with Crippen molar-refractivity contribution in [3.05, 3.63) is 51.2 Å². The molecule has 2 bridgehead atoms. The lowest BCUT2D eigenvalue weighted by Gasteiger charge is -2.51. The second kappa shape index (κ2) is 8.43. The van der Waals surface area contributed by atoms with Gasteiger partial charge in [0, 0.05) is 23.4 Å². The topological polar surface area (TPSA) is 103 Å². The molecule has 9 heteroatoms. The van der Waals surface area contributed by atoms with E-state index in [-0.39, 0.29) is 16.4 Å². The number of fused-ring (bicyclic) bond motifs is 4. The molecule has 1 atom stereocenters. The first-order valence-corrected chi connectivity index (χ1v) is 13.8. The van der Waals surface area contributed by atoms with Crippen molar-refractivity contribution >= 4 is 27.6 Å². The SMILES string of the molecule is C/C(=N/[S@](=O)C(C)(C)C)c1cc(C)cc2c(=O)n(C)c(C34CCC(c5nc(C)no5)(CC3)CC4)nc12. The molecule has 192 valence electrons. The van der Waals surface area contributed by atoms with Gasteiger partial charge in [0.25, 0.3) is 5.56 Å². The van der Waals surface area contributed by atoms with Gasteiger partial charge in [-0.3, -0.25) is 9.36 Å². The Balaban J connectivity index is 1.61. The second-order valence-corrected chi connectivity index (χ2v) is 13.7. The van der Waals surface area contributed by atoms with E-state index in [0.29, 0.717) is 22.4 Å². The van der Waals surface area contributed by atoms with Crippen LogP contribution < -0.4 is 5.56 Å². The van der Waals surface area contributed by atoms with Crippen molar-refractivity contribution in [3.63, 3.8) is 0 Å². The van der Waals surface area contributed by atoms with Crippen LogP contribution in [0.1, 0.15) is 94.9 Å². The van der Waals surface area contributed by atoms with E-state index < -0.39 is 15.7 Å². The van der Waals surface area contributed by atoms with Crippen molar-refractivity contribution in [2.24, 2.45) is 11.4 Å². The van der Waals surface area contributed by atoms with Crippen LogP contribution in [-0.4, -0.2) is 34.4 Å². The summed E-state index contributed by atoms with van der Waals surface area (Å²) in [6.07, 6.45) is 5.57. The first-order valence-electron chi connectivity index (χ1n) is 12.7. The highest BCUT2D eigenvalue weighted by Gasteiger charge is 2.54. The highest BCUT2D eigenvalue weighted by Crippen LogP contribution is 2.57. The van der Waals surface area contributed by atoms with Gasteiger partial charge < -0.3 is 4.52 Å². The van der Waals surface area contributed by atoms with Crippen molar-refractivity contribution in [1.82, 2.24) is 19.7 Å². The Bertz CT molecular complexity index is 1450. The molecule has 3 saturated carbocycles. The third-order valence-electron chi connectivity index (χ3n) is 8.16. The summed E-state index contributed by atoms with van der Waals surface area (Å²) in [6, 6.07) is 3.90. The van der Waals surface area contributed by atoms with Gasteiger partial charge in [0.15, 0.2) is 5.82 Å². The highest BCUT2D eigenvalue weighted by molar-refractivity contribution is 7.85. The standard InChI is InChI=1S/C27H35N5O3S/c1-16-14-19(17(2)31-36(34)25(4,5)6)21-20(15-16)22(33)32(7)23(29-21)26-8-11-27(12-9-26,13-10-26)24-28-18(3)30-35-24/h14-15H,8-13H2,1-7H3/b31-17-/t26?,27?,36-/m1/s1. The van der Waals surface area contributed by atoms with Crippen LogP contribution in [0.5, 0.6) is 0 Å². The van der Waals surface area contributed by atoms with Crippen LogP contribution >= 0.6 is 0 Å². The minimum atomic E-state index is -1.40. The molecule has 3 aliphatic rings. The lowest BCUT2D eigenvalue weighted by atomic mass is 9.53. The maximum atomic E-state index is 13.6. The van der Waals surface area contributed by atoms with E-state index in [1.807, 2.05) is 60.7 Å². The zero-order valence-corrected chi connectivity index (χ0v) is 23.1. The molecule has 0 N–H and O–H groups in total. The largest absolute Gasteiger partial charge is 0.339 e. The number of aromatic nitrogens is 4. The van der Waals surface area contributed by atoms with Crippen LogP contribution in [0.2, 0.25) is 0 Å². The molecule has 2 aromatic heterocycles. The minimum Gasteiger partial charge on any atom is -0.339 e. The van der Waals surface area contributed by atoms with Gasteiger partial charge in [0.05, 0.1) is 21.4 Å². The van der Waals surface area contributed by atoms with Crippen LogP contribution in [-0.2, 0) is 28.9 Å². The lowest BCUT2D eigenvalue weighted by molar-refractivity contribution is 0.0684. The van der Waals surface area contributed by atoms with Crippen molar-refractivity contribution in [2.45, 2.75) is 95.6 Å². The number of hydrogen-bond donors (Lipinski definition) is 0. The van der Waals surface area contributed by atoms with Crippen molar-refractivity contribution in [3.8, 4) is 0 Å². The van der Waals surface area contributed by atoms with Crippen LogP contribution in [0.3, 0.4) is 0 Å². The summed E-state index contributed by atoms with van der Waals surface area (Å²) in [7, 11) is 0.437. The smallest absolute Gasteiger partial charge is 0.261 e. The van der Waals surface area contributed by atoms with Gasteiger partial charge in [0.2, 0.25) is 5.89 Å². The molecule has 2 heterocycles. The number of hydrogen-bond acceptors (Lipinski definition) is 6. The zero-order chi connectivity index (χ0) is 26.0. The first kappa shape index (κ1) is 25.0. The summed E-state index contributed by atoms with van der Waals surface area (Å²) in [4.78, 5) is 23.4. The summed E-state index contributed by atoms with van der Waals surface area (Å²) in [5.41, 5.74) is 2.73. The molecule has 3 fully saturated rings. The van der Waals surface area contributed by atoms with E-state index >= 15 is 0 Å². The quantitative estimate of drug-likeness (QED) is 0.470. The Kier molecular flexibility index (Phi) is 5.85. The molecule has 36 heavy (non-hydrogen) atoms. The van der Waals surface area contributed by atoms with Crippen molar-refractivity contribution < 1.29 is 8.73 Å². The summed E-state index contributed by atoms with van der Waals surface area (Å²) >= 11 is 0. The Hall–Kier alpha value is -2.68. The van der Waals surface area contributed by atoms with Gasteiger partial charge in [-0.2, -0.15) is 9.38 Å². The number of aryl methyl sites for hydroxylation is 2. The third kappa shape index (κ3) is 3.96. The Morgan fingerprint density at radius 1 is 1.06 bits per heavy atom. The second-order valence-electron chi connectivity index (χ2n) is 11.8. The number of nitrogens with zero attached hydrogens (tertiary/aromatic N) is 5. The lowest BCUT2D eigenvalue weighted by Crippen LogP contribution is -2.49. The molecule has 3 aliphatic carbocycles.